The molecule has 0 radical (unpaired) electrons. The zero-order chi connectivity index (χ0) is 14.8. The van der Waals surface area contributed by atoms with Crippen molar-refractivity contribution in [2.45, 2.75) is 25.9 Å². The second-order valence-electron chi connectivity index (χ2n) is 5.99. The number of likely N-dealkylation sites (tertiary alicyclic amines) is 1. The van der Waals surface area contributed by atoms with Crippen LogP contribution in [0.5, 0.6) is 0 Å². The molecule has 1 aromatic rings. The van der Waals surface area contributed by atoms with Crippen LogP contribution in [0.2, 0.25) is 0 Å². The molecule has 3 rings (SSSR count). The molecule has 1 aromatic heterocycles. The predicted molar refractivity (Wildman–Crippen MR) is 79.9 cm³/mol. The molecule has 5 nitrogen and oxygen atoms in total. The van der Waals surface area contributed by atoms with E-state index in [0.717, 1.165) is 43.7 Å². The normalized spacial score (nSPS) is 28.6. The maximum Gasteiger partial charge on any atom is 0.356 e. The first-order valence-corrected chi connectivity index (χ1v) is 7.72. The molecule has 5 heteroatoms. The SMILES string of the molecule is CCC1C2CNCC2CN1Cc1cccc(C(=O)OC)n1. The number of nitrogens with one attached hydrogen (secondary N) is 1. The molecule has 2 fully saturated rings. The van der Waals surface area contributed by atoms with Gasteiger partial charge in [-0.25, -0.2) is 9.78 Å². The zero-order valence-corrected chi connectivity index (χ0v) is 12.7. The standard InChI is InChI=1S/C16H23N3O2/c1-3-15-13-8-17-7-11(13)9-19(15)10-12-5-4-6-14(18-12)16(20)21-2/h4-6,11,13,15,17H,3,7-10H2,1-2H3. The Morgan fingerprint density at radius 2 is 2.33 bits per heavy atom. The van der Waals surface area contributed by atoms with Gasteiger partial charge in [-0.05, 0) is 43.5 Å². The summed E-state index contributed by atoms with van der Waals surface area (Å²) in [6.07, 6.45) is 1.17. The Morgan fingerprint density at radius 1 is 1.48 bits per heavy atom. The minimum atomic E-state index is -0.369. The van der Waals surface area contributed by atoms with Gasteiger partial charge < -0.3 is 10.1 Å². The number of carbonyl (C=O) groups is 1. The number of hydrogen-bond acceptors (Lipinski definition) is 5. The Hall–Kier alpha value is -1.46. The highest BCUT2D eigenvalue weighted by atomic mass is 16.5. The summed E-state index contributed by atoms with van der Waals surface area (Å²) < 4.78 is 4.74. The average Bonchev–Trinajstić information content (AvgIpc) is 3.07. The fourth-order valence-electron chi connectivity index (χ4n) is 3.85. The quantitative estimate of drug-likeness (QED) is 0.847. The Labute approximate surface area is 125 Å². The van der Waals surface area contributed by atoms with Gasteiger partial charge in [-0.2, -0.15) is 0 Å². The van der Waals surface area contributed by atoms with E-state index in [9.17, 15) is 4.79 Å². The van der Waals surface area contributed by atoms with Crippen molar-refractivity contribution in [3.63, 3.8) is 0 Å². The van der Waals surface area contributed by atoms with Gasteiger partial charge in [0.15, 0.2) is 0 Å². The summed E-state index contributed by atoms with van der Waals surface area (Å²) in [6.45, 7) is 6.47. The molecule has 0 aromatic carbocycles. The average molecular weight is 289 g/mol. The van der Waals surface area contributed by atoms with Crippen LogP contribution in [0.3, 0.4) is 0 Å². The smallest absolute Gasteiger partial charge is 0.356 e. The molecule has 0 bridgehead atoms. The van der Waals surface area contributed by atoms with Gasteiger partial charge in [0.25, 0.3) is 0 Å². The second kappa shape index (κ2) is 6.12. The van der Waals surface area contributed by atoms with E-state index >= 15 is 0 Å². The Kier molecular flexibility index (Phi) is 4.22. The van der Waals surface area contributed by atoms with E-state index in [1.165, 1.54) is 13.5 Å². The van der Waals surface area contributed by atoms with E-state index in [0.29, 0.717) is 11.7 Å². The van der Waals surface area contributed by atoms with Crippen molar-refractivity contribution in [2.24, 2.45) is 11.8 Å². The van der Waals surface area contributed by atoms with E-state index in [1.54, 1.807) is 6.07 Å². The van der Waals surface area contributed by atoms with Gasteiger partial charge in [-0.3, -0.25) is 4.90 Å². The third-order valence-corrected chi connectivity index (χ3v) is 4.81. The van der Waals surface area contributed by atoms with E-state index in [4.69, 9.17) is 4.74 Å². The number of nitrogens with zero attached hydrogens (tertiary/aromatic N) is 2. The minimum absolute atomic E-state index is 0.369. The van der Waals surface area contributed by atoms with Crippen molar-refractivity contribution in [2.75, 3.05) is 26.7 Å². The highest BCUT2D eigenvalue weighted by Crippen LogP contribution is 2.34. The van der Waals surface area contributed by atoms with Gasteiger partial charge >= 0.3 is 5.97 Å². The van der Waals surface area contributed by atoms with Crippen LogP contribution in [0.4, 0.5) is 0 Å². The van der Waals surface area contributed by atoms with Gasteiger partial charge in [0.2, 0.25) is 0 Å². The Balaban J connectivity index is 1.73. The summed E-state index contributed by atoms with van der Waals surface area (Å²) in [7, 11) is 1.39. The van der Waals surface area contributed by atoms with Gasteiger partial charge in [-0.1, -0.05) is 13.0 Å². The Morgan fingerprint density at radius 3 is 3.10 bits per heavy atom. The lowest BCUT2D eigenvalue weighted by Crippen LogP contribution is -2.34. The predicted octanol–water partition coefficient (Wildman–Crippen LogP) is 1.30. The highest BCUT2D eigenvalue weighted by molar-refractivity contribution is 5.87. The van der Waals surface area contributed by atoms with E-state index in [2.05, 4.69) is 22.1 Å². The molecule has 3 atom stereocenters. The van der Waals surface area contributed by atoms with Crippen molar-refractivity contribution in [3.8, 4) is 0 Å². The summed E-state index contributed by atoms with van der Waals surface area (Å²) in [6, 6.07) is 6.20. The number of esters is 1. The van der Waals surface area contributed by atoms with E-state index < -0.39 is 0 Å². The number of ether oxygens (including phenoxy) is 1. The number of rotatable bonds is 4. The monoisotopic (exact) mass is 289 g/mol. The van der Waals surface area contributed by atoms with Crippen LogP contribution in [0.25, 0.3) is 0 Å². The first-order valence-electron chi connectivity index (χ1n) is 7.72. The van der Waals surface area contributed by atoms with Crippen molar-refractivity contribution >= 4 is 5.97 Å². The molecule has 0 spiro atoms. The van der Waals surface area contributed by atoms with Crippen LogP contribution in [0, 0.1) is 11.8 Å². The number of methoxy groups -OCH3 is 1. The minimum Gasteiger partial charge on any atom is -0.464 e. The molecular formula is C16H23N3O2. The fourth-order valence-corrected chi connectivity index (χ4v) is 3.85. The van der Waals surface area contributed by atoms with Crippen molar-refractivity contribution in [1.29, 1.82) is 0 Å². The number of fused-ring (bicyclic) bond motifs is 1. The summed E-state index contributed by atoms with van der Waals surface area (Å²) in [5, 5.41) is 3.50. The number of hydrogen-bond donors (Lipinski definition) is 1. The lowest BCUT2D eigenvalue weighted by atomic mass is 9.93. The first-order chi connectivity index (χ1) is 10.2. The number of carbonyl (C=O) groups excluding carboxylic acids is 1. The fraction of sp³-hybridized carbons (Fsp3) is 0.625. The van der Waals surface area contributed by atoms with Gasteiger partial charge in [-0.15, -0.1) is 0 Å². The molecule has 114 valence electrons. The molecular weight excluding hydrogens is 266 g/mol. The van der Waals surface area contributed by atoms with E-state index in [-0.39, 0.29) is 5.97 Å². The maximum absolute atomic E-state index is 11.6. The van der Waals surface area contributed by atoms with E-state index in [1.807, 2.05) is 12.1 Å². The molecule has 3 unspecified atom stereocenters. The third kappa shape index (κ3) is 2.80. The zero-order valence-electron chi connectivity index (χ0n) is 12.7. The summed E-state index contributed by atoms with van der Waals surface area (Å²) in [5.41, 5.74) is 1.34. The van der Waals surface area contributed by atoms with Crippen LogP contribution in [0.15, 0.2) is 18.2 Å². The van der Waals surface area contributed by atoms with Crippen LogP contribution < -0.4 is 5.32 Å². The highest BCUT2D eigenvalue weighted by Gasteiger charge is 2.42. The van der Waals surface area contributed by atoms with Crippen molar-refractivity contribution in [1.82, 2.24) is 15.2 Å². The topological polar surface area (TPSA) is 54.5 Å². The lowest BCUT2D eigenvalue weighted by Gasteiger charge is -2.26. The molecule has 0 aliphatic carbocycles. The molecule has 3 heterocycles. The van der Waals surface area contributed by atoms with Crippen molar-refractivity contribution in [3.05, 3.63) is 29.6 Å². The van der Waals surface area contributed by atoms with Crippen LogP contribution in [-0.4, -0.2) is 48.6 Å². The molecule has 2 aliphatic rings. The van der Waals surface area contributed by atoms with Gasteiger partial charge in [0.1, 0.15) is 5.69 Å². The first kappa shape index (κ1) is 14.5. The lowest BCUT2D eigenvalue weighted by molar-refractivity contribution is 0.0593. The molecule has 2 aliphatic heterocycles. The van der Waals surface area contributed by atoms with Crippen LogP contribution in [-0.2, 0) is 11.3 Å². The largest absolute Gasteiger partial charge is 0.464 e. The molecule has 0 amide bonds. The third-order valence-electron chi connectivity index (χ3n) is 4.81. The van der Waals surface area contributed by atoms with Crippen LogP contribution >= 0.6 is 0 Å². The van der Waals surface area contributed by atoms with Gasteiger partial charge in [0, 0.05) is 19.1 Å². The number of pyridine rings is 1. The summed E-state index contributed by atoms with van der Waals surface area (Å²) in [5.74, 6) is 1.16. The summed E-state index contributed by atoms with van der Waals surface area (Å²) >= 11 is 0. The molecule has 2 saturated heterocycles. The van der Waals surface area contributed by atoms with Crippen LogP contribution in [0.1, 0.15) is 29.5 Å². The Bertz CT molecular complexity index is 520. The molecule has 0 saturated carbocycles. The van der Waals surface area contributed by atoms with Gasteiger partial charge in [0.05, 0.1) is 12.8 Å². The molecule has 21 heavy (non-hydrogen) atoms. The maximum atomic E-state index is 11.6. The number of aromatic nitrogens is 1. The van der Waals surface area contributed by atoms with Crippen molar-refractivity contribution < 1.29 is 9.53 Å². The summed E-state index contributed by atoms with van der Waals surface area (Å²) in [4.78, 5) is 18.5. The second-order valence-corrected chi connectivity index (χ2v) is 5.99. The molecule has 1 N–H and O–H groups in total.